The first-order valence-corrected chi connectivity index (χ1v) is 6.52. The van der Waals surface area contributed by atoms with Gasteiger partial charge in [-0.1, -0.05) is 13.8 Å². The van der Waals surface area contributed by atoms with Gasteiger partial charge in [0, 0.05) is 16.9 Å². The largest absolute Gasteiger partial charge is 0.359 e. The van der Waals surface area contributed by atoms with E-state index in [4.69, 9.17) is 9.47 Å². The molecule has 0 saturated carbocycles. The number of nitrogens with zero attached hydrogens (tertiary/aromatic N) is 1. The van der Waals surface area contributed by atoms with Crippen LogP contribution < -0.4 is 5.32 Å². The molecule has 3 rings (SSSR count). The van der Waals surface area contributed by atoms with Gasteiger partial charge in [0.2, 0.25) is 0 Å². The molecule has 4 nitrogen and oxygen atoms in total. The van der Waals surface area contributed by atoms with E-state index < -0.39 is 40.4 Å². The number of hydrogen-bond acceptors (Lipinski definition) is 4. The summed E-state index contributed by atoms with van der Waals surface area (Å²) in [5.74, 6) is -6.73. The summed E-state index contributed by atoms with van der Waals surface area (Å²) in [7, 11) is 0. The number of ether oxygens (including phenoxy) is 2. The zero-order valence-electron chi connectivity index (χ0n) is 11.4. The monoisotopic (exact) mass is 306 g/mol. The molecule has 0 bridgehead atoms. The van der Waals surface area contributed by atoms with Crippen molar-refractivity contribution in [3.63, 3.8) is 0 Å². The molecule has 8 heteroatoms. The van der Waals surface area contributed by atoms with Crippen molar-refractivity contribution in [2.75, 3.05) is 13.2 Å². The predicted octanol–water partition coefficient (Wildman–Crippen LogP) is 1.83. The summed E-state index contributed by atoms with van der Waals surface area (Å²) in [6.45, 7) is 3.31. The molecule has 2 atom stereocenters. The fourth-order valence-electron chi connectivity index (χ4n) is 2.54. The SMILES string of the molecule is CC(C)(c1c(F)c(F)nc(F)c1F)C1COC2NC2OC1. The maximum Gasteiger partial charge on any atom is 0.252 e. The van der Waals surface area contributed by atoms with Crippen molar-refractivity contribution >= 4 is 0 Å². The molecule has 0 radical (unpaired) electrons. The van der Waals surface area contributed by atoms with E-state index in [-0.39, 0.29) is 25.7 Å². The summed E-state index contributed by atoms with van der Waals surface area (Å²) < 4.78 is 65.4. The Labute approximate surface area is 118 Å². The van der Waals surface area contributed by atoms with Gasteiger partial charge in [0.15, 0.2) is 11.6 Å². The molecule has 2 aliphatic rings. The van der Waals surface area contributed by atoms with E-state index in [0.29, 0.717) is 0 Å². The minimum atomic E-state index is -1.66. The number of nitrogens with one attached hydrogen (secondary N) is 1. The third-order valence-corrected chi connectivity index (χ3v) is 4.11. The van der Waals surface area contributed by atoms with Crippen molar-refractivity contribution in [3.8, 4) is 0 Å². The van der Waals surface area contributed by atoms with Crippen LogP contribution in [0.4, 0.5) is 17.6 Å². The first-order chi connectivity index (χ1) is 9.82. The van der Waals surface area contributed by atoms with Gasteiger partial charge < -0.3 is 9.47 Å². The lowest BCUT2D eigenvalue weighted by Crippen LogP contribution is -2.37. The average Bonchev–Trinajstić information content (AvgIpc) is 3.14. The second-order valence-corrected chi connectivity index (χ2v) is 5.79. The molecule has 2 aliphatic heterocycles. The maximum absolute atomic E-state index is 13.9. The Bertz CT molecular complexity index is 544. The Morgan fingerprint density at radius 3 is 1.95 bits per heavy atom. The zero-order chi connectivity index (χ0) is 15.4. The fourth-order valence-corrected chi connectivity index (χ4v) is 2.54. The molecule has 1 N–H and O–H groups in total. The van der Waals surface area contributed by atoms with Crippen LogP contribution in [0.25, 0.3) is 0 Å². The van der Waals surface area contributed by atoms with Crippen molar-refractivity contribution in [2.24, 2.45) is 5.92 Å². The summed E-state index contributed by atoms with van der Waals surface area (Å²) in [6, 6.07) is 0. The Morgan fingerprint density at radius 2 is 1.48 bits per heavy atom. The van der Waals surface area contributed by atoms with Crippen LogP contribution in [-0.4, -0.2) is 30.7 Å². The second kappa shape index (κ2) is 4.89. The van der Waals surface area contributed by atoms with E-state index in [2.05, 4.69) is 10.3 Å². The number of halogens is 4. The Kier molecular flexibility index (Phi) is 3.42. The van der Waals surface area contributed by atoms with Crippen molar-refractivity contribution in [3.05, 3.63) is 29.1 Å². The fraction of sp³-hybridized carbons (Fsp3) is 0.615. The molecule has 0 amide bonds. The number of rotatable bonds is 2. The highest BCUT2D eigenvalue weighted by Gasteiger charge is 2.46. The Morgan fingerprint density at radius 1 is 1.00 bits per heavy atom. The third kappa shape index (κ3) is 2.41. The van der Waals surface area contributed by atoms with Crippen LogP contribution >= 0.6 is 0 Å². The van der Waals surface area contributed by atoms with Crippen LogP contribution in [0.15, 0.2) is 0 Å². The van der Waals surface area contributed by atoms with Gasteiger partial charge in [-0.15, -0.1) is 0 Å². The average molecular weight is 306 g/mol. The molecule has 2 fully saturated rings. The number of aromatic nitrogens is 1. The number of hydrogen-bond donors (Lipinski definition) is 1. The summed E-state index contributed by atoms with van der Waals surface area (Å²) in [5.41, 5.74) is -1.90. The summed E-state index contributed by atoms with van der Waals surface area (Å²) in [5, 5.41) is 2.90. The third-order valence-electron chi connectivity index (χ3n) is 4.11. The zero-order valence-corrected chi connectivity index (χ0v) is 11.4. The quantitative estimate of drug-likeness (QED) is 0.514. The molecule has 3 heterocycles. The van der Waals surface area contributed by atoms with Crippen molar-refractivity contribution in [2.45, 2.75) is 31.7 Å². The summed E-state index contributed by atoms with van der Waals surface area (Å²) >= 11 is 0. The number of pyridine rings is 1. The molecular formula is C13H14F4N2O2. The lowest BCUT2D eigenvalue weighted by molar-refractivity contribution is 0.0493. The predicted molar refractivity (Wildman–Crippen MR) is 63.2 cm³/mol. The molecular weight excluding hydrogens is 292 g/mol. The normalized spacial score (nSPS) is 29.0. The summed E-state index contributed by atoms with van der Waals surface area (Å²) in [6.07, 6.45) is -0.460. The van der Waals surface area contributed by atoms with Gasteiger partial charge in [0.05, 0.1) is 13.2 Å². The van der Waals surface area contributed by atoms with Crippen LogP contribution in [0.1, 0.15) is 19.4 Å². The van der Waals surface area contributed by atoms with E-state index in [1.165, 1.54) is 13.8 Å². The molecule has 21 heavy (non-hydrogen) atoms. The van der Waals surface area contributed by atoms with Gasteiger partial charge >= 0.3 is 0 Å². The highest BCUT2D eigenvalue weighted by molar-refractivity contribution is 5.27. The van der Waals surface area contributed by atoms with Gasteiger partial charge in [-0.3, -0.25) is 5.32 Å². The highest BCUT2D eigenvalue weighted by Crippen LogP contribution is 2.38. The summed E-state index contributed by atoms with van der Waals surface area (Å²) in [4.78, 5) is 2.57. The van der Waals surface area contributed by atoms with E-state index >= 15 is 0 Å². The molecule has 2 unspecified atom stereocenters. The molecule has 1 aromatic heterocycles. The minimum Gasteiger partial charge on any atom is -0.359 e. The van der Waals surface area contributed by atoms with Crippen LogP contribution in [-0.2, 0) is 14.9 Å². The molecule has 0 spiro atoms. The first-order valence-electron chi connectivity index (χ1n) is 6.52. The van der Waals surface area contributed by atoms with Gasteiger partial charge in [0.1, 0.15) is 12.5 Å². The second-order valence-electron chi connectivity index (χ2n) is 5.79. The lowest BCUT2D eigenvalue weighted by Gasteiger charge is -2.34. The number of fused-ring (bicyclic) bond motifs is 1. The minimum absolute atomic E-state index is 0.158. The van der Waals surface area contributed by atoms with Gasteiger partial charge in [-0.05, 0) is 0 Å². The molecule has 1 aromatic rings. The lowest BCUT2D eigenvalue weighted by atomic mass is 9.73. The highest BCUT2D eigenvalue weighted by atomic mass is 19.2. The molecule has 0 aliphatic carbocycles. The van der Waals surface area contributed by atoms with Crippen molar-refractivity contribution in [1.29, 1.82) is 0 Å². The van der Waals surface area contributed by atoms with Crippen LogP contribution in [0.5, 0.6) is 0 Å². The standard InChI is InChI=1S/C13H14F4N2O2/c1-13(2,5-3-20-11-12(19-11)21-4-5)6-7(14)9(16)18-10(17)8(6)15/h5,11-12,19H,3-4H2,1-2H3. The van der Waals surface area contributed by atoms with Crippen LogP contribution in [0.3, 0.4) is 0 Å². The first kappa shape index (κ1) is 14.7. The van der Waals surface area contributed by atoms with E-state index in [1.54, 1.807) is 0 Å². The van der Waals surface area contributed by atoms with Gasteiger partial charge in [-0.2, -0.15) is 13.8 Å². The smallest absolute Gasteiger partial charge is 0.252 e. The molecule has 0 aromatic carbocycles. The van der Waals surface area contributed by atoms with Crippen molar-refractivity contribution < 1.29 is 27.0 Å². The topological polar surface area (TPSA) is 53.3 Å². The molecule has 116 valence electrons. The van der Waals surface area contributed by atoms with E-state index in [0.717, 1.165) is 0 Å². The van der Waals surface area contributed by atoms with E-state index in [1.807, 2.05) is 0 Å². The van der Waals surface area contributed by atoms with Gasteiger partial charge in [0.25, 0.3) is 11.9 Å². The maximum atomic E-state index is 13.9. The van der Waals surface area contributed by atoms with Gasteiger partial charge in [-0.25, -0.2) is 8.78 Å². The molecule has 2 saturated heterocycles. The van der Waals surface area contributed by atoms with E-state index in [9.17, 15) is 17.6 Å². The Hall–Kier alpha value is -1.25. The van der Waals surface area contributed by atoms with Crippen molar-refractivity contribution in [1.82, 2.24) is 10.3 Å². The Balaban J connectivity index is 1.97. The van der Waals surface area contributed by atoms with Crippen LogP contribution in [0.2, 0.25) is 0 Å². The van der Waals surface area contributed by atoms with Crippen LogP contribution in [0, 0.1) is 29.4 Å².